The summed E-state index contributed by atoms with van der Waals surface area (Å²) in [5.41, 5.74) is 4.73. The molecular weight excluding hydrogens is 486 g/mol. The normalized spacial score (nSPS) is 11.6. The summed E-state index contributed by atoms with van der Waals surface area (Å²) in [5, 5.41) is 6.59. The maximum Gasteiger partial charge on any atom is 0.262 e. The van der Waals surface area contributed by atoms with E-state index < -0.39 is 11.9 Å². The number of hydrazone groups is 1. The van der Waals surface area contributed by atoms with E-state index in [0.717, 1.165) is 21.3 Å². The second kappa shape index (κ2) is 11.8. The van der Waals surface area contributed by atoms with Gasteiger partial charge in [-0.2, -0.15) is 5.10 Å². The highest BCUT2D eigenvalue weighted by Gasteiger charge is 2.16. The topological polar surface area (TPSA) is 89.0 Å². The molecule has 0 radical (unpaired) electrons. The van der Waals surface area contributed by atoms with Crippen LogP contribution in [0.15, 0.2) is 82.4 Å². The molecule has 8 heteroatoms. The number of hydrogen-bond acceptors (Lipinski definition) is 5. The highest BCUT2D eigenvalue weighted by atomic mass is 79.9. The molecule has 0 aliphatic carbocycles. The van der Waals surface area contributed by atoms with Crippen LogP contribution in [-0.2, 0) is 11.4 Å². The van der Waals surface area contributed by atoms with Gasteiger partial charge in [0.25, 0.3) is 11.8 Å². The van der Waals surface area contributed by atoms with Gasteiger partial charge in [0.15, 0.2) is 0 Å². The van der Waals surface area contributed by atoms with E-state index in [1.165, 1.54) is 6.21 Å². The molecule has 2 amide bonds. The van der Waals surface area contributed by atoms with Gasteiger partial charge in [-0.3, -0.25) is 9.59 Å². The van der Waals surface area contributed by atoms with Crippen molar-refractivity contribution in [2.24, 2.45) is 5.10 Å². The van der Waals surface area contributed by atoms with Crippen molar-refractivity contribution in [1.29, 1.82) is 0 Å². The fourth-order valence-electron chi connectivity index (χ4n) is 2.75. The Morgan fingerprint density at radius 2 is 1.61 bits per heavy atom. The number of hydrogen-bond donors (Lipinski definition) is 2. The van der Waals surface area contributed by atoms with E-state index in [2.05, 4.69) is 31.8 Å². The Labute approximate surface area is 200 Å². The Morgan fingerprint density at radius 1 is 0.970 bits per heavy atom. The van der Waals surface area contributed by atoms with E-state index in [-0.39, 0.29) is 5.91 Å². The molecule has 7 nitrogen and oxygen atoms in total. The summed E-state index contributed by atoms with van der Waals surface area (Å²) in [7, 11) is 1.55. The minimum atomic E-state index is -0.758. The molecule has 0 bridgehead atoms. The van der Waals surface area contributed by atoms with E-state index in [1.807, 2.05) is 48.5 Å². The van der Waals surface area contributed by atoms with Gasteiger partial charge < -0.3 is 14.8 Å². The lowest BCUT2D eigenvalue weighted by atomic mass is 10.2. The number of nitrogens with one attached hydrogen (secondary N) is 2. The fraction of sp³-hybridized carbons (Fsp3) is 0.160. The molecule has 3 aromatic carbocycles. The molecule has 170 valence electrons. The molecular formula is C25H24BrN3O4. The van der Waals surface area contributed by atoms with E-state index in [1.54, 1.807) is 38.3 Å². The van der Waals surface area contributed by atoms with Crippen LogP contribution < -0.4 is 20.2 Å². The summed E-state index contributed by atoms with van der Waals surface area (Å²) < 4.78 is 11.9. The second-order valence-electron chi connectivity index (χ2n) is 7.14. The van der Waals surface area contributed by atoms with Crippen molar-refractivity contribution < 1.29 is 19.1 Å². The Hall–Kier alpha value is -3.65. The van der Waals surface area contributed by atoms with Gasteiger partial charge in [0.05, 0.1) is 13.3 Å². The largest absolute Gasteiger partial charge is 0.497 e. The highest BCUT2D eigenvalue weighted by Crippen LogP contribution is 2.15. The third-order valence-electron chi connectivity index (χ3n) is 4.68. The lowest BCUT2D eigenvalue weighted by Gasteiger charge is -2.12. The van der Waals surface area contributed by atoms with Gasteiger partial charge >= 0.3 is 0 Å². The minimum absolute atomic E-state index is 0.358. The molecule has 3 rings (SSSR count). The molecule has 0 aromatic heterocycles. The molecule has 1 atom stereocenters. The Kier molecular flexibility index (Phi) is 8.60. The van der Waals surface area contributed by atoms with Gasteiger partial charge in [0.1, 0.15) is 24.1 Å². The average Bonchev–Trinajstić information content (AvgIpc) is 2.84. The van der Waals surface area contributed by atoms with Gasteiger partial charge in [-0.1, -0.05) is 28.1 Å². The van der Waals surface area contributed by atoms with Crippen molar-refractivity contribution in [2.75, 3.05) is 7.11 Å². The van der Waals surface area contributed by atoms with E-state index in [0.29, 0.717) is 17.9 Å². The zero-order valence-corrected chi connectivity index (χ0v) is 19.8. The summed E-state index contributed by atoms with van der Waals surface area (Å²) in [5.74, 6) is 0.593. The van der Waals surface area contributed by atoms with E-state index in [9.17, 15) is 9.59 Å². The summed E-state index contributed by atoms with van der Waals surface area (Å²) >= 11 is 3.41. The number of benzene rings is 3. The number of nitrogens with zero attached hydrogens (tertiary/aromatic N) is 1. The van der Waals surface area contributed by atoms with Crippen molar-refractivity contribution >= 4 is 34.0 Å². The SMILES string of the molecule is COc1ccc(C(=O)NC(C)C(=O)NN=Cc2ccc(OCc3ccc(Br)cc3)cc2)cc1. The van der Waals surface area contributed by atoms with Crippen LogP contribution in [0.2, 0.25) is 0 Å². The van der Waals surface area contributed by atoms with Crippen molar-refractivity contribution in [3.8, 4) is 11.5 Å². The summed E-state index contributed by atoms with van der Waals surface area (Å²) in [6.07, 6.45) is 1.52. The number of ether oxygens (including phenoxy) is 2. The van der Waals surface area contributed by atoms with Gasteiger partial charge in [-0.05, 0) is 78.7 Å². The molecule has 2 N–H and O–H groups in total. The fourth-order valence-corrected chi connectivity index (χ4v) is 3.02. The number of carbonyl (C=O) groups excluding carboxylic acids is 2. The second-order valence-corrected chi connectivity index (χ2v) is 8.06. The molecule has 0 aliphatic rings. The van der Waals surface area contributed by atoms with Crippen LogP contribution in [0.3, 0.4) is 0 Å². The first-order valence-corrected chi connectivity index (χ1v) is 11.0. The summed E-state index contributed by atoms with van der Waals surface area (Å²) in [4.78, 5) is 24.5. The third kappa shape index (κ3) is 7.47. The van der Waals surface area contributed by atoms with Gasteiger partial charge in [0, 0.05) is 10.0 Å². The quantitative estimate of drug-likeness (QED) is 0.332. The molecule has 0 spiro atoms. The Bertz CT molecular complexity index is 1100. The van der Waals surface area contributed by atoms with Gasteiger partial charge in [-0.15, -0.1) is 0 Å². The lowest BCUT2D eigenvalue weighted by molar-refractivity contribution is -0.122. The molecule has 0 saturated carbocycles. The number of rotatable bonds is 9. The number of amides is 2. The maximum absolute atomic E-state index is 12.3. The van der Waals surface area contributed by atoms with Crippen LogP contribution >= 0.6 is 15.9 Å². The maximum atomic E-state index is 12.3. The van der Waals surface area contributed by atoms with Crippen molar-refractivity contribution in [2.45, 2.75) is 19.6 Å². The van der Waals surface area contributed by atoms with E-state index >= 15 is 0 Å². The van der Waals surface area contributed by atoms with Gasteiger partial charge in [0.2, 0.25) is 0 Å². The molecule has 0 aliphatic heterocycles. The first kappa shape index (κ1) is 24.0. The molecule has 0 saturated heterocycles. The van der Waals surface area contributed by atoms with Crippen LogP contribution in [0.1, 0.15) is 28.4 Å². The molecule has 0 fully saturated rings. The highest BCUT2D eigenvalue weighted by molar-refractivity contribution is 9.10. The van der Waals surface area contributed by atoms with E-state index in [4.69, 9.17) is 9.47 Å². The molecule has 3 aromatic rings. The Morgan fingerprint density at radius 3 is 2.24 bits per heavy atom. The average molecular weight is 510 g/mol. The molecule has 33 heavy (non-hydrogen) atoms. The Balaban J connectivity index is 1.44. The van der Waals surface area contributed by atoms with Crippen LogP contribution in [-0.4, -0.2) is 31.2 Å². The molecule has 0 heterocycles. The zero-order chi connectivity index (χ0) is 23.6. The third-order valence-corrected chi connectivity index (χ3v) is 5.21. The van der Waals surface area contributed by atoms with Crippen LogP contribution in [0.4, 0.5) is 0 Å². The lowest BCUT2D eigenvalue weighted by Crippen LogP contribution is -2.43. The van der Waals surface area contributed by atoms with Crippen LogP contribution in [0.5, 0.6) is 11.5 Å². The smallest absolute Gasteiger partial charge is 0.262 e. The predicted molar refractivity (Wildman–Crippen MR) is 131 cm³/mol. The summed E-state index contributed by atoms with van der Waals surface area (Å²) in [6, 6.07) is 21.1. The van der Waals surface area contributed by atoms with Crippen LogP contribution in [0.25, 0.3) is 0 Å². The number of carbonyl (C=O) groups is 2. The van der Waals surface area contributed by atoms with Crippen molar-refractivity contribution in [3.63, 3.8) is 0 Å². The summed E-state index contributed by atoms with van der Waals surface area (Å²) in [6.45, 7) is 2.06. The first-order chi connectivity index (χ1) is 15.9. The van der Waals surface area contributed by atoms with Gasteiger partial charge in [-0.25, -0.2) is 5.43 Å². The minimum Gasteiger partial charge on any atom is -0.497 e. The molecule has 1 unspecified atom stereocenters. The number of halogens is 1. The number of methoxy groups -OCH3 is 1. The standard InChI is InChI=1S/C25H24BrN3O4/c1-17(28-25(31)20-7-13-22(32-2)14-8-20)24(30)29-27-15-18-5-11-23(12-6-18)33-16-19-3-9-21(26)10-4-19/h3-15,17H,16H2,1-2H3,(H,28,31)(H,29,30). The van der Waals surface area contributed by atoms with Crippen LogP contribution in [0, 0.1) is 0 Å². The predicted octanol–water partition coefficient (Wildman–Crippen LogP) is 4.31. The first-order valence-electron chi connectivity index (χ1n) is 10.2. The van der Waals surface area contributed by atoms with Crippen molar-refractivity contribution in [1.82, 2.24) is 10.7 Å². The van der Waals surface area contributed by atoms with Crippen molar-refractivity contribution in [3.05, 3.63) is 94.0 Å². The zero-order valence-electron chi connectivity index (χ0n) is 18.2. The monoisotopic (exact) mass is 509 g/mol.